The maximum absolute atomic E-state index is 13.3. The summed E-state index contributed by atoms with van der Waals surface area (Å²) < 4.78 is 44.4. The Morgan fingerprint density at radius 1 is 0.854 bits per heavy atom. The molecule has 9 heteroatoms. The van der Waals surface area contributed by atoms with Crippen LogP contribution in [-0.4, -0.2) is 74.9 Å². The quantitative estimate of drug-likeness (QED) is 0.172. The van der Waals surface area contributed by atoms with E-state index in [2.05, 4.69) is 24.0 Å². The van der Waals surface area contributed by atoms with Gasteiger partial charge in [-0.2, -0.15) is 0 Å². The molecule has 0 aliphatic carbocycles. The van der Waals surface area contributed by atoms with Gasteiger partial charge in [-0.3, -0.25) is 4.79 Å². The standard InChI is InChI=1S/C39H49NO8/c1-4-5-21-34(41)40-35-37(45-25-31-19-13-8-14-20-31)36(44-24-30-17-11-7-12-18-30)33(28-42-26-32-27-46-39(2,3)48-32)47-38(35)43-23-22-29-15-9-6-10-16-29/h4,6-20,32-33,35-38H,1,5,21-28H2,2-3H3,(H,40,41)/t32?,33-,35-,36-,37-,38+/m1/s1. The van der Waals surface area contributed by atoms with Crippen LogP contribution in [0.5, 0.6) is 0 Å². The van der Waals surface area contributed by atoms with E-state index < -0.39 is 36.4 Å². The van der Waals surface area contributed by atoms with Crippen LogP contribution >= 0.6 is 0 Å². The summed E-state index contributed by atoms with van der Waals surface area (Å²) in [4.78, 5) is 13.3. The topological polar surface area (TPSA) is 93.7 Å². The number of hydrogen-bond donors (Lipinski definition) is 1. The maximum Gasteiger partial charge on any atom is 0.220 e. The van der Waals surface area contributed by atoms with Gasteiger partial charge in [0.05, 0.1) is 39.6 Å². The highest BCUT2D eigenvalue weighted by Crippen LogP contribution is 2.30. The number of ether oxygens (including phenoxy) is 7. The lowest BCUT2D eigenvalue weighted by Crippen LogP contribution is -2.66. The van der Waals surface area contributed by atoms with Gasteiger partial charge in [-0.25, -0.2) is 0 Å². The molecule has 2 aliphatic heterocycles. The molecule has 0 spiro atoms. The van der Waals surface area contributed by atoms with Gasteiger partial charge in [-0.1, -0.05) is 97.1 Å². The second-order valence-electron chi connectivity index (χ2n) is 12.6. The van der Waals surface area contributed by atoms with Crippen LogP contribution in [0.2, 0.25) is 0 Å². The summed E-state index contributed by atoms with van der Waals surface area (Å²) in [5.41, 5.74) is 3.14. The Labute approximate surface area is 284 Å². The number of hydrogen-bond acceptors (Lipinski definition) is 8. The molecule has 3 aromatic carbocycles. The van der Waals surface area contributed by atoms with Gasteiger partial charge in [-0.15, -0.1) is 6.58 Å². The SMILES string of the molecule is C=CCCC(=O)N[C@H]1[C@@H](OCCc2ccccc2)O[C@H](COCC2COC(C)(C)O2)[C@@H](OCc2ccccc2)[C@@H]1OCc1ccccc1. The molecule has 258 valence electrons. The van der Waals surface area contributed by atoms with E-state index in [1.807, 2.05) is 92.7 Å². The molecule has 9 nitrogen and oxygen atoms in total. The van der Waals surface area contributed by atoms with Gasteiger partial charge in [0, 0.05) is 6.42 Å². The predicted octanol–water partition coefficient (Wildman–Crippen LogP) is 5.76. The first-order valence-corrected chi connectivity index (χ1v) is 16.8. The first-order chi connectivity index (χ1) is 23.4. The van der Waals surface area contributed by atoms with Gasteiger partial charge in [0.25, 0.3) is 0 Å². The van der Waals surface area contributed by atoms with Crippen molar-refractivity contribution in [2.24, 2.45) is 0 Å². The summed E-state index contributed by atoms with van der Waals surface area (Å²) in [6.07, 6.45) is 0.398. The minimum Gasteiger partial charge on any atom is -0.376 e. The van der Waals surface area contributed by atoms with Gasteiger partial charge < -0.3 is 38.5 Å². The van der Waals surface area contributed by atoms with E-state index in [0.29, 0.717) is 45.9 Å². The molecule has 0 bridgehead atoms. The first-order valence-electron chi connectivity index (χ1n) is 16.8. The molecule has 5 rings (SSSR count). The number of allylic oxidation sites excluding steroid dienone is 1. The number of amides is 1. The van der Waals surface area contributed by atoms with Crippen molar-refractivity contribution >= 4 is 5.91 Å². The van der Waals surface area contributed by atoms with E-state index in [-0.39, 0.29) is 25.0 Å². The number of carbonyl (C=O) groups is 1. The largest absolute Gasteiger partial charge is 0.376 e. The van der Waals surface area contributed by atoms with Crippen molar-refractivity contribution < 1.29 is 38.0 Å². The van der Waals surface area contributed by atoms with Crippen LogP contribution in [0.1, 0.15) is 43.4 Å². The average Bonchev–Trinajstić information content (AvgIpc) is 3.46. The number of rotatable bonds is 18. The summed E-state index contributed by atoms with van der Waals surface area (Å²) in [5, 5.41) is 3.18. The molecular weight excluding hydrogens is 610 g/mol. The lowest BCUT2D eigenvalue weighted by Gasteiger charge is -2.46. The van der Waals surface area contributed by atoms with Crippen LogP contribution in [0.3, 0.4) is 0 Å². The van der Waals surface area contributed by atoms with Gasteiger partial charge in [-0.05, 0) is 43.4 Å². The van der Waals surface area contributed by atoms with E-state index in [1.54, 1.807) is 6.08 Å². The average molecular weight is 660 g/mol. The third-order valence-corrected chi connectivity index (χ3v) is 8.29. The third-order valence-electron chi connectivity index (χ3n) is 8.29. The van der Waals surface area contributed by atoms with Gasteiger partial charge >= 0.3 is 0 Å². The van der Waals surface area contributed by atoms with E-state index in [0.717, 1.165) is 16.7 Å². The van der Waals surface area contributed by atoms with Crippen LogP contribution in [0.4, 0.5) is 0 Å². The van der Waals surface area contributed by atoms with Crippen LogP contribution in [0.25, 0.3) is 0 Å². The van der Waals surface area contributed by atoms with Crippen molar-refractivity contribution in [3.05, 3.63) is 120 Å². The van der Waals surface area contributed by atoms with Crippen LogP contribution in [0, 0.1) is 0 Å². The Balaban J connectivity index is 1.40. The zero-order valence-electron chi connectivity index (χ0n) is 28.0. The molecule has 2 fully saturated rings. The van der Waals surface area contributed by atoms with Crippen molar-refractivity contribution in [3.8, 4) is 0 Å². The molecule has 2 saturated heterocycles. The Hall–Kier alpha value is -3.41. The van der Waals surface area contributed by atoms with Crippen molar-refractivity contribution in [3.63, 3.8) is 0 Å². The number of nitrogens with one attached hydrogen (secondary N) is 1. The number of benzene rings is 3. The summed E-state index contributed by atoms with van der Waals surface area (Å²) in [6, 6.07) is 29.3. The molecule has 1 N–H and O–H groups in total. The van der Waals surface area contributed by atoms with Crippen LogP contribution < -0.4 is 5.32 Å². The fraction of sp³-hybridized carbons (Fsp3) is 0.462. The van der Waals surface area contributed by atoms with Gasteiger partial charge in [0.2, 0.25) is 5.91 Å². The molecule has 0 aromatic heterocycles. The van der Waals surface area contributed by atoms with E-state index in [4.69, 9.17) is 33.2 Å². The minimum atomic E-state index is -0.822. The summed E-state index contributed by atoms with van der Waals surface area (Å²) in [7, 11) is 0. The molecule has 0 saturated carbocycles. The maximum atomic E-state index is 13.3. The monoisotopic (exact) mass is 659 g/mol. The molecular formula is C39H49NO8. The molecule has 3 aromatic rings. The summed E-state index contributed by atoms with van der Waals surface area (Å²) >= 11 is 0. The molecule has 2 aliphatic rings. The smallest absolute Gasteiger partial charge is 0.220 e. The fourth-order valence-electron chi connectivity index (χ4n) is 5.86. The highest BCUT2D eigenvalue weighted by Gasteiger charge is 2.49. The lowest BCUT2D eigenvalue weighted by molar-refractivity contribution is -0.290. The molecule has 1 amide bonds. The molecule has 6 atom stereocenters. The second kappa shape index (κ2) is 18.4. The van der Waals surface area contributed by atoms with E-state index >= 15 is 0 Å². The highest BCUT2D eigenvalue weighted by molar-refractivity contribution is 5.76. The minimum absolute atomic E-state index is 0.147. The van der Waals surface area contributed by atoms with Crippen LogP contribution in [-0.2, 0) is 57.6 Å². The molecule has 2 heterocycles. The highest BCUT2D eigenvalue weighted by atomic mass is 16.8. The molecule has 0 radical (unpaired) electrons. The molecule has 48 heavy (non-hydrogen) atoms. The Morgan fingerprint density at radius 2 is 1.46 bits per heavy atom. The third kappa shape index (κ3) is 11.1. The van der Waals surface area contributed by atoms with Crippen molar-refractivity contribution in [2.45, 2.75) is 88.9 Å². The van der Waals surface area contributed by atoms with Crippen molar-refractivity contribution in [1.29, 1.82) is 0 Å². The Kier molecular flexibility index (Phi) is 13.7. The normalized spacial score (nSPS) is 25.0. The van der Waals surface area contributed by atoms with E-state index in [1.165, 1.54) is 0 Å². The van der Waals surface area contributed by atoms with Crippen molar-refractivity contribution in [1.82, 2.24) is 5.32 Å². The van der Waals surface area contributed by atoms with E-state index in [9.17, 15) is 4.79 Å². The lowest BCUT2D eigenvalue weighted by atomic mass is 9.95. The Morgan fingerprint density at radius 3 is 2.04 bits per heavy atom. The van der Waals surface area contributed by atoms with Crippen molar-refractivity contribution in [2.75, 3.05) is 26.4 Å². The molecule has 1 unspecified atom stereocenters. The fourth-order valence-corrected chi connectivity index (χ4v) is 5.86. The van der Waals surface area contributed by atoms with Crippen LogP contribution in [0.15, 0.2) is 104 Å². The van der Waals surface area contributed by atoms with Gasteiger partial charge in [0.15, 0.2) is 12.1 Å². The Bertz CT molecular complexity index is 1370. The predicted molar refractivity (Wildman–Crippen MR) is 182 cm³/mol. The first kappa shape index (κ1) is 35.9. The zero-order chi connectivity index (χ0) is 33.6. The summed E-state index contributed by atoms with van der Waals surface area (Å²) in [5.74, 6) is -0.798. The number of carbonyl (C=O) groups excluding carboxylic acids is 1. The second-order valence-corrected chi connectivity index (χ2v) is 12.6. The zero-order valence-corrected chi connectivity index (χ0v) is 28.0. The van der Waals surface area contributed by atoms with Gasteiger partial charge in [0.1, 0.15) is 30.5 Å². The summed E-state index contributed by atoms with van der Waals surface area (Å²) in [6.45, 7) is 9.53.